The third-order valence-electron chi connectivity index (χ3n) is 6.95. The molecule has 2 atom stereocenters. The Bertz CT molecular complexity index is 926. The molecule has 2 heterocycles. The van der Waals surface area contributed by atoms with Gasteiger partial charge in [0, 0.05) is 50.4 Å². The van der Waals surface area contributed by atoms with Gasteiger partial charge in [0.2, 0.25) is 0 Å². The molecule has 4 rings (SSSR count). The van der Waals surface area contributed by atoms with Crippen LogP contribution in [0.4, 0.5) is 5.69 Å². The number of nitrogens with zero attached hydrogens (tertiary/aromatic N) is 3. The average molecular weight is 450 g/mol. The second-order valence-electron chi connectivity index (χ2n) is 9.94. The topological polar surface area (TPSA) is 36.0 Å². The Morgan fingerprint density at radius 3 is 2.36 bits per heavy atom. The zero-order chi connectivity index (χ0) is 23.4. The molecule has 2 aliphatic heterocycles. The highest BCUT2D eigenvalue weighted by Gasteiger charge is 2.29. The number of piperazine rings is 1. The summed E-state index contributed by atoms with van der Waals surface area (Å²) in [5.74, 6) is 1.15. The first kappa shape index (κ1) is 23.6. The monoisotopic (exact) mass is 449 g/mol. The maximum Gasteiger partial charge on any atom is 0.254 e. The van der Waals surface area contributed by atoms with Gasteiger partial charge in [-0.2, -0.15) is 0 Å². The van der Waals surface area contributed by atoms with E-state index in [0.29, 0.717) is 12.1 Å². The van der Waals surface area contributed by atoms with Gasteiger partial charge in [0.05, 0.1) is 11.8 Å². The fourth-order valence-electron chi connectivity index (χ4n) is 5.25. The molecule has 0 saturated carbocycles. The lowest BCUT2D eigenvalue weighted by atomic mass is 9.96. The zero-order valence-corrected chi connectivity index (χ0v) is 20.7. The normalized spacial score (nSPS) is 22.0. The number of ether oxygens (including phenoxy) is 1. The smallest absolute Gasteiger partial charge is 0.254 e. The van der Waals surface area contributed by atoms with Gasteiger partial charge in [-0.25, -0.2) is 0 Å². The molecule has 2 aliphatic rings. The highest BCUT2D eigenvalue weighted by atomic mass is 16.5. The van der Waals surface area contributed by atoms with E-state index in [9.17, 15) is 4.79 Å². The molecule has 0 aromatic heterocycles. The SMILES string of the molecule is CC(C)Oc1ccccc1N1CCN(Cc2cccc(C(=O)N3C(C)CCCC3C)c2)CC1. The Kier molecular flexibility index (Phi) is 7.59. The minimum atomic E-state index is 0.165. The number of para-hydroxylation sites is 2. The Labute approximate surface area is 199 Å². The van der Waals surface area contributed by atoms with Crippen LogP contribution in [-0.2, 0) is 6.54 Å². The molecule has 0 radical (unpaired) electrons. The van der Waals surface area contributed by atoms with Gasteiger partial charge in [-0.1, -0.05) is 24.3 Å². The van der Waals surface area contributed by atoms with Crippen molar-refractivity contribution < 1.29 is 9.53 Å². The van der Waals surface area contributed by atoms with Crippen LogP contribution in [-0.4, -0.2) is 60.1 Å². The summed E-state index contributed by atoms with van der Waals surface area (Å²) in [4.78, 5) is 20.3. The van der Waals surface area contributed by atoms with Crippen LogP contribution in [0.25, 0.3) is 0 Å². The Morgan fingerprint density at radius 1 is 0.970 bits per heavy atom. The summed E-state index contributed by atoms with van der Waals surface area (Å²) >= 11 is 0. The Balaban J connectivity index is 1.37. The molecule has 2 saturated heterocycles. The fourth-order valence-corrected chi connectivity index (χ4v) is 5.25. The highest BCUT2D eigenvalue weighted by molar-refractivity contribution is 5.94. The molecule has 178 valence electrons. The third-order valence-corrected chi connectivity index (χ3v) is 6.95. The number of hydrogen-bond donors (Lipinski definition) is 0. The van der Waals surface area contributed by atoms with E-state index in [2.05, 4.69) is 72.7 Å². The summed E-state index contributed by atoms with van der Waals surface area (Å²) in [7, 11) is 0. The molecule has 0 N–H and O–H groups in total. The van der Waals surface area contributed by atoms with Gasteiger partial charge in [0.15, 0.2) is 0 Å². The lowest BCUT2D eigenvalue weighted by Gasteiger charge is -2.39. The summed E-state index contributed by atoms with van der Waals surface area (Å²) in [5.41, 5.74) is 3.23. The van der Waals surface area contributed by atoms with Crippen LogP contribution < -0.4 is 9.64 Å². The number of hydrogen-bond acceptors (Lipinski definition) is 4. The predicted molar refractivity (Wildman–Crippen MR) is 135 cm³/mol. The van der Waals surface area contributed by atoms with Crippen molar-refractivity contribution >= 4 is 11.6 Å². The lowest BCUT2D eigenvalue weighted by molar-refractivity contribution is 0.0510. The van der Waals surface area contributed by atoms with Gasteiger partial charge in [-0.15, -0.1) is 0 Å². The van der Waals surface area contributed by atoms with E-state index < -0.39 is 0 Å². The number of carbonyl (C=O) groups excluding carboxylic acids is 1. The van der Waals surface area contributed by atoms with Crippen LogP contribution >= 0.6 is 0 Å². The summed E-state index contributed by atoms with van der Waals surface area (Å²) in [6, 6.07) is 17.3. The average Bonchev–Trinajstić information content (AvgIpc) is 2.80. The van der Waals surface area contributed by atoms with Gasteiger partial charge < -0.3 is 14.5 Å². The Morgan fingerprint density at radius 2 is 1.67 bits per heavy atom. The molecule has 33 heavy (non-hydrogen) atoms. The molecule has 2 fully saturated rings. The number of piperidine rings is 1. The standard InChI is InChI=1S/C28H39N3O2/c1-21(2)33-27-14-6-5-13-26(27)30-17-15-29(16-18-30)20-24-11-8-12-25(19-24)28(32)31-22(3)9-7-10-23(31)4/h5-6,8,11-14,19,21-23H,7,9-10,15-18,20H2,1-4H3. The van der Waals surface area contributed by atoms with Crippen molar-refractivity contribution in [2.75, 3.05) is 31.1 Å². The second kappa shape index (κ2) is 10.6. The second-order valence-corrected chi connectivity index (χ2v) is 9.94. The van der Waals surface area contributed by atoms with Gasteiger partial charge in [-0.05, 0) is 76.8 Å². The van der Waals surface area contributed by atoms with E-state index in [0.717, 1.165) is 56.9 Å². The van der Waals surface area contributed by atoms with Crippen molar-refractivity contribution in [2.24, 2.45) is 0 Å². The number of carbonyl (C=O) groups is 1. The fraction of sp³-hybridized carbons (Fsp3) is 0.536. The van der Waals surface area contributed by atoms with E-state index in [4.69, 9.17) is 4.74 Å². The van der Waals surface area contributed by atoms with Crippen molar-refractivity contribution in [3.8, 4) is 5.75 Å². The molecular formula is C28H39N3O2. The number of rotatable bonds is 6. The maximum atomic E-state index is 13.3. The summed E-state index contributed by atoms with van der Waals surface area (Å²) in [6.45, 7) is 13.3. The molecule has 0 aliphatic carbocycles. The van der Waals surface area contributed by atoms with Gasteiger partial charge in [-0.3, -0.25) is 9.69 Å². The van der Waals surface area contributed by atoms with Gasteiger partial charge in [0.1, 0.15) is 5.75 Å². The van der Waals surface area contributed by atoms with E-state index in [1.54, 1.807) is 0 Å². The summed E-state index contributed by atoms with van der Waals surface area (Å²) in [6.07, 6.45) is 3.58. The molecule has 0 spiro atoms. The first-order valence-corrected chi connectivity index (χ1v) is 12.6. The van der Waals surface area contributed by atoms with Crippen molar-refractivity contribution in [3.63, 3.8) is 0 Å². The number of amides is 1. The molecule has 0 bridgehead atoms. The van der Waals surface area contributed by atoms with Gasteiger partial charge in [0.25, 0.3) is 5.91 Å². The zero-order valence-electron chi connectivity index (χ0n) is 20.7. The van der Waals surface area contributed by atoms with Gasteiger partial charge >= 0.3 is 0 Å². The highest BCUT2D eigenvalue weighted by Crippen LogP contribution is 2.30. The number of benzene rings is 2. The first-order valence-electron chi connectivity index (χ1n) is 12.6. The largest absolute Gasteiger partial charge is 0.489 e. The molecule has 2 aromatic carbocycles. The molecule has 1 amide bonds. The van der Waals surface area contributed by atoms with E-state index in [-0.39, 0.29) is 12.0 Å². The first-order chi connectivity index (χ1) is 15.9. The van der Waals surface area contributed by atoms with Crippen molar-refractivity contribution in [1.29, 1.82) is 0 Å². The van der Waals surface area contributed by atoms with Crippen molar-refractivity contribution in [1.82, 2.24) is 9.80 Å². The van der Waals surface area contributed by atoms with Crippen LogP contribution in [0.1, 0.15) is 62.9 Å². The maximum absolute atomic E-state index is 13.3. The van der Waals surface area contributed by atoms with E-state index >= 15 is 0 Å². The molecule has 2 unspecified atom stereocenters. The molecule has 5 nitrogen and oxygen atoms in total. The minimum absolute atomic E-state index is 0.165. The minimum Gasteiger partial charge on any atom is -0.489 e. The predicted octanol–water partition coefficient (Wildman–Crippen LogP) is 5.20. The molecular weight excluding hydrogens is 410 g/mol. The third kappa shape index (κ3) is 5.70. The van der Waals surface area contributed by atoms with Crippen LogP contribution in [0.15, 0.2) is 48.5 Å². The lowest BCUT2D eigenvalue weighted by Crippen LogP contribution is -2.47. The van der Waals surface area contributed by atoms with Crippen LogP contribution in [0, 0.1) is 0 Å². The van der Waals surface area contributed by atoms with Crippen LogP contribution in [0.3, 0.4) is 0 Å². The van der Waals surface area contributed by atoms with E-state index in [1.807, 2.05) is 18.2 Å². The molecule has 5 heteroatoms. The summed E-state index contributed by atoms with van der Waals surface area (Å²) in [5, 5.41) is 0. The van der Waals surface area contributed by atoms with Crippen LogP contribution in [0.2, 0.25) is 0 Å². The number of likely N-dealkylation sites (tertiary alicyclic amines) is 1. The van der Waals surface area contributed by atoms with Crippen molar-refractivity contribution in [2.45, 2.75) is 71.7 Å². The van der Waals surface area contributed by atoms with Crippen LogP contribution in [0.5, 0.6) is 5.75 Å². The van der Waals surface area contributed by atoms with E-state index in [1.165, 1.54) is 17.7 Å². The van der Waals surface area contributed by atoms with Crippen molar-refractivity contribution in [3.05, 3.63) is 59.7 Å². The summed E-state index contributed by atoms with van der Waals surface area (Å²) < 4.78 is 6.03. The number of anilines is 1. The Hall–Kier alpha value is -2.53. The quantitative estimate of drug-likeness (QED) is 0.607. The molecule has 2 aromatic rings.